The van der Waals surface area contributed by atoms with Gasteiger partial charge in [-0.05, 0) is 38.9 Å². The number of phenolic OH excluding ortho intramolecular Hbond substituents is 1. The minimum absolute atomic E-state index is 0.0273. The average Bonchev–Trinajstić information content (AvgIpc) is 2.81. The van der Waals surface area contributed by atoms with Gasteiger partial charge in [0.05, 0.1) is 0 Å². The molecular weight excluding hydrogens is 231 g/mol. The van der Waals surface area contributed by atoms with Crippen molar-refractivity contribution in [2.45, 2.75) is 25.8 Å². The highest BCUT2D eigenvalue weighted by molar-refractivity contribution is 5.29. The first-order chi connectivity index (χ1) is 8.66. The topological polar surface area (TPSA) is 35.5 Å². The molecule has 0 aliphatic carbocycles. The van der Waals surface area contributed by atoms with E-state index in [0.717, 1.165) is 19.2 Å². The lowest BCUT2D eigenvalue weighted by atomic mass is 10.1. The molecule has 1 aliphatic rings. The van der Waals surface area contributed by atoms with E-state index in [-0.39, 0.29) is 17.6 Å². The van der Waals surface area contributed by atoms with Gasteiger partial charge in [0, 0.05) is 30.8 Å². The largest absolute Gasteiger partial charge is 0.508 e. The number of likely N-dealkylation sites (tertiary alicyclic amines) is 1. The Balaban J connectivity index is 1.81. The summed E-state index contributed by atoms with van der Waals surface area (Å²) < 4.78 is 13.6. The number of nitrogens with one attached hydrogen (secondary N) is 1. The van der Waals surface area contributed by atoms with Crippen LogP contribution in [0.25, 0.3) is 0 Å². The van der Waals surface area contributed by atoms with Crippen LogP contribution in [0.15, 0.2) is 18.2 Å². The van der Waals surface area contributed by atoms with Gasteiger partial charge in [-0.15, -0.1) is 0 Å². The molecule has 2 N–H and O–H groups in total. The monoisotopic (exact) mass is 252 g/mol. The Bertz CT molecular complexity index is 391. The van der Waals surface area contributed by atoms with Gasteiger partial charge >= 0.3 is 0 Å². The fourth-order valence-corrected chi connectivity index (χ4v) is 2.42. The van der Waals surface area contributed by atoms with Gasteiger partial charge in [0.25, 0.3) is 0 Å². The van der Waals surface area contributed by atoms with Crippen molar-refractivity contribution >= 4 is 0 Å². The maximum absolute atomic E-state index is 13.6. The molecule has 1 fully saturated rings. The summed E-state index contributed by atoms with van der Waals surface area (Å²) in [6.07, 6.45) is 2.59. The van der Waals surface area contributed by atoms with Crippen LogP contribution in [-0.2, 0) is 0 Å². The lowest BCUT2D eigenvalue weighted by Crippen LogP contribution is -2.31. The van der Waals surface area contributed by atoms with Gasteiger partial charge < -0.3 is 15.3 Å². The van der Waals surface area contributed by atoms with Gasteiger partial charge in [-0.25, -0.2) is 4.39 Å². The summed E-state index contributed by atoms with van der Waals surface area (Å²) in [4.78, 5) is 2.42. The predicted octanol–water partition coefficient (Wildman–Crippen LogP) is 2.28. The molecule has 1 heterocycles. The van der Waals surface area contributed by atoms with Crippen LogP contribution in [0.2, 0.25) is 0 Å². The van der Waals surface area contributed by atoms with Crippen LogP contribution >= 0.6 is 0 Å². The van der Waals surface area contributed by atoms with Gasteiger partial charge in [-0.1, -0.05) is 6.07 Å². The van der Waals surface area contributed by atoms with Crippen LogP contribution < -0.4 is 5.32 Å². The zero-order chi connectivity index (χ0) is 13.0. The van der Waals surface area contributed by atoms with Gasteiger partial charge in [-0.3, -0.25) is 0 Å². The fourth-order valence-electron chi connectivity index (χ4n) is 2.42. The highest BCUT2D eigenvalue weighted by atomic mass is 19.1. The maximum atomic E-state index is 13.6. The number of halogens is 1. The summed E-state index contributed by atoms with van der Waals surface area (Å²) in [5.41, 5.74) is 0.606. The Hall–Kier alpha value is -1.13. The minimum Gasteiger partial charge on any atom is -0.508 e. The van der Waals surface area contributed by atoms with Crippen molar-refractivity contribution in [3.8, 4) is 5.75 Å². The third-order valence-corrected chi connectivity index (χ3v) is 3.53. The lowest BCUT2D eigenvalue weighted by molar-refractivity contribution is 0.329. The van der Waals surface area contributed by atoms with E-state index in [2.05, 4.69) is 10.2 Å². The Morgan fingerprint density at radius 2 is 2.11 bits per heavy atom. The number of hydrogen-bond acceptors (Lipinski definition) is 3. The van der Waals surface area contributed by atoms with Crippen molar-refractivity contribution in [3.63, 3.8) is 0 Å². The second-order valence-electron chi connectivity index (χ2n) is 4.93. The number of benzene rings is 1. The molecule has 18 heavy (non-hydrogen) atoms. The second-order valence-corrected chi connectivity index (χ2v) is 4.93. The van der Waals surface area contributed by atoms with Gasteiger partial charge in [-0.2, -0.15) is 0 Å². The highest BCUT2D eigenvalue weighted by Crippen LogP contribution is 2.20. The SMILES string of the molecule is CC(NCCN1CCCC1)c1ccc(O)cc1F. The molecule has 1 saturated heterocycles. The summed E-state index contributed by atoms with van der Waals surface area (Å²) >= 11 is 0. The van der Waals surface area contributed by atoms with Crippen molar-refractivity contribution in [1.29, 1.82) is 0 Å². The Morgan fingerprint density at radius 3 is 2.78 bits per heavy atom. The second kappa shape index (κ2) is 6.16. The third kappa shape index (κ3) is 3.43. The molecule has 1 aromatic rings. The van der Waals surface area contributed by atoms with Crippen LogP contribution in [0.5, 0.6) is 5.75 Å². The van der Waals surface area contributed by atoms with Crippen LogP contribution in [0.1, 0.15) is 31.4 Å². The van der Waals surface area contributed by atoms with Gasteiger partial charge in [0.2, 0.25) is 0 Å². The molecule has 0 saturated carbocycles. The maximum Gasteiger partial charge on any atom is 0.131 e. The van der Waals surface area contributed by atoms with Crippen LogP contribution in [0.3, 0.4) is 0 Å². The molecule has 0 bridgehead atoms. The Morgan fingerprint density at radius 1 is 1.39 bits per heavy atom. The van der Waals surface area contributed by atoms with E-state index in [1.165, 1.54) is 32.0 Å². The first-order valence-corrected chi connectivity index (χ1v) is 6.61. The van der Waals surface area contributed by atoms with E-state index in [9.17, 15) is 9.50 Å². The van der Waals surface area contributed by atoms with Crippen LogP contribution in [-0.4, -0.2) is 36.2 Å². The smallest absolute Gasteiger partial charge is 0.131 e. The van der Waals surface area contributed by atoms with Crippen molar-refractivity contribution in [2.24, 2.45) is 0 Å². The molecule has 0 amide bonds. The molecule has 1 unspecified atom stereocenters. The van der Waals surface area contributed by atoms with Crippen molar-refractivity contribution in [2.75, 3.05) is 26.2 Å². The normalized spacial score (nSPS) is 18.1. The minimum atomic E-state index is -0.351. The predicted molar refractivity (Wildman–Crippen MR) is 70.2 cm³/mol. The summed E-state index contributed by atoms with van der Waals surface area (Å²) in [6, 6.07) is 4.29. The number of aromatic hydroxyl groups is 1. The van der Waals surface area contributed by atoms with E-state index in [0.29, 0.717) is 5.56 Å². The zero-order valence-electron chi connectivity index (χ0n) is 10.8. The fraction of sp³-hybridized carbons (Fsp3) is 0.571. The number of nitrogens with zero attached hydrogens (tertiary/aromatic N) is 1. The number of hydrogen-bond donors (Lipinski definition) is 2. The molecule has 3 nitrogen and oxygen atoms in total. The van der Waals surface area contributed by atoms with Crippen molar-refractivity contribution < 1.29 is 9.50 Å². The molecular formula is C14H21FN2O. The average molecular weight is 252 g/mol. The summed E-state index contributed by atoms with van der Waals surface area (Å²) in [5.74, 6) is -0.378. The standard InChI is InChI=1S/C14H21FN2O/c1-11(13-5-4-12(18)10-14(13)15)16-6-9-17-7-2-3-8-17/h4-5,10-11,16,18H,2-3,6-9H2,1H3. The summed E-state index contributed by atoms with van der Waals surface area (Å²) in [6.45, 7) is 6.19. The molecule has 100 valence electrons. The van der Waals surface area contributed by atoms with Crippen molar-refractivity contribution in [1.82, 2.24) is 10.2 Å². The molecule has 1 aliphatic heterocycles. The van der Waals surface area contributed by atoms with Crippen LogP contribution in [0.4, 0.5) is 4.39 Å². The molecule has 2 rings (SSSR count). The third-order valence-electron chi connectivity index (χ3n) is 3.53. The first kappa shape index (κ1) is 13.3. The molecule has 4 heteroatoms. The first-order valence-electron chi connectivity index (χ1n) is 6.61. The molecule has 0 aromatic heterocycles. The Labute approximate surface area is 108 Å². The zero-order valence-corrected chi connectivity index (χ0v) is 10.8. The number of phenols is 1. The van der Waals surface area contributed by atoms with Crippen molar-refractivity contribution in [3.05, 3.63) is 29.6 Å². The van der Waals surface area contributed by atoms with E-state index < -0.39 is 0 Å². The van der Waals surface area contributed by atoms with Crippen LogP contribution in [0, 0.1) is 5.82 Å². The van der Waals surface area contributed by atoms with Gasteiger partial charge in [0.15, 0.2) is 0 Å². The lowest BCUT2D eigenvalue weighted by Gasteiger charge is -2.19. The molecule has 1 atom stereocenters. The van der Waals surface area contributed by atoms with Gasteiger partial charge in [0.1, 0.15) is 11.6 Å². The quantitative estimate of drug-likeness (QED) is 0.844. The van der Waals surface area contributed by atoms with E-state index in [1.807, 2.05) is 6.92 Å². The molecule has 1 aromatic carbocycles. The van der Waals surface area contributed by atoms with E-state index >= 15 is 0 Å². The molecule has 0 radical (unpaired) electrons. The number of rotatable bonds is 5. The Kier molecular flexibility index (Phi) is 4.55. The summed E-state index contributed by atoms with van der Waals surface area (Å²) in [7, 11) is 0. The molecule has 0 spiro atoms. The van der Waals surface area contributed by atoms with E-state index in [1.54, 1.807) is 6.07 Å². The summed E-state index contributed by atoms with van der Waals surface area (Å²) in [5, 5.41) is 12.5. The van der Waals surface area contributed by atoms with E-state index in [4.69, 9.17) is 0 Å². The highest BCUT2D eigenvalue weighted by Gasteiger charge is 2.13.